The predicted molar refractivity (Wildman–Crippen MR) is 52.5 cm³/mol. The van der Waals surface area contributed by atoms with E-state index in [0.717, 1.165) is 6.07 Å². The Morgan fingerprint density at radius 1 is 0.938 bits per heavy atom. The van der Waals surface area contributed by atoms with E-state index in [1.807, 2.05) is 0 Å². The number of aromatic nitrogens is 2. The molecule has 0 N–H and O–H groups in total. The standard InChI is InChI=1S/C11H7F3N2/c12-11(13,14)10-4-2-1-3-9(10)8-5-15-7-16-6-8/h1-7H. The first-order chi connectivity index (χ1) is 7.59. The van der Waals surface area contributed by atoms with Crippen molar-refractivity contribution in [1.29, 1.82) is 0 Å². The minimum absolute atomic E-state index is 0.0931. The van der Waals surface area contributed by atoms with Crippen molar-refractivity contribution >= 4 is 0 Å². The maximum atomic E-state index is 12.7. The average molecular weight is 224 g/mol. The van der Waals surface area contributed by atoms with Gasteiger partial charge in [-0.3, -0.25) is 0 Å². The van der Waals surface area contributed by atoms with E-state index in [2.05, 4.69) is 9.97 Å². The van der Waals surface area contributed by atoms with Crippen molar-refractivity contribution in [2.75, 3.05) is 0 Å². The molecular formula is C11H7F3N2. The van der Waals surface area contributed by atoms with Gasteiger partial charge in [0.05, 0.1) is 5.56 Å². The highest BCUT2D eigenvalue weighted by molar-refractivity contribution is 5.66. The second-order valence-electron chi connectivity index (χ2n) is 3.17. The third-order valence-electron chi connectivity index (χ3n) is 2.10. The van der Waals surface area contributed by atoms with Crippen molar-refractivity contribution in [3.05, 3.63) is 48.5 Å². The topological polar surface area (TPSA) is 25.8 Å². The number of rotatable bonds is 1. The largest absolute Gasteiger partial charge is 0.417 e. The van der Waals surface area contributed by atoms with Crippen LogP contribution in [0.1, 0.15) is 5.56 Å². The van der Waals surface area contributed by atoms with Gasteiger partial charge in [-0.1, -0.05) is 18.2 Å². The van der Waals surface area contributed by atoms with E-state index in [9.17, 15) is 13.2 Å². The summed E-state index contributed by atoms with van der Waals surface area (Å²) < 4.78 is 38.1. The average Bonchev–Trinajstić information content (AvgIpc) is 2.29. The Balaban J connectivity index is 2.58. The van der Waals surface area contributed by atoms with Crippen LogP contribution in [-0.4, -0.2) is 9.97 Å². The van der Waals surface area contributed by atoms with E-state index in [4.69, 9.17) is 0 Å². The van der Waals surface area contributed by atoms with Crippen molar-refractivity contribution in [3.63, 3.8) is 0 Å². The van der Waals surface area contributed by atoms with E-state index in [1.54, 1.807) is 6.07 Å². The number of nitrogens with zero attached hydrogens (tertiary/aromatic N) is 2. The first kappa shape index (κ1) is 10.6. The molecule has 1 aromatic heterocycles. The van der Waals surface area contributed by atoms with Gasteiger partial charge in [-0.2, -0.15) is 13.2 Å². The first-order valence-corrected chi connectivity index (χ1v) is 4.50. The predicted octanol–water partition coefficient (Wildman–Crippen LogP) is 3.16. The summed E-state index contributed by atoms with van der Waals surface area (Å²) in [5, 5.41) is 0. The molecule has 1 heterocycles. The van der Waals surface area contributed by atoms with Crippen LogP contribution in [0.5, 0.6) is 0 Å². The fourth-order valence-electron chi connectivity index (χ4n) is 1.42. The van der Waals surface area contributed by atoms with Gasteiger partial charge in [0.25, 0.3) is 0 Å². The molecule has 0 aliphatic carbocycles. The summed E-state index contributed by atoms with van der Waals surface area (Å²) in [6.07, 6.45) is -0.374. The Labute approximate surface area is 89.8 Å². The van der Waals surface area contributed by atoms with E-state index in [-0.39, 0.29) is 5.56 Å². The summed E-state index contributed by atoms with van der Waals surface area (Å²) in [6.45, 7) is 0. The number of hydrogen-bond donors (Lipinski definition) is 0. The molecule has 2 aromatic rings. The fraction of sp³-hybridized carbons (Fsp3) is 0.0909. The van der Waals surface area contributed by atoms with Gasteiger partial charge in [0.15, 0.2) is 0 Å². The lowest BCUT2D eigenvalue weighted by atomic mass is 10.0. The van der Waals surface area contributed by atoms with Crippen molar-refractivity contribution in [3.8, 4) is 11.1 Å². The molecule has 0 aliphatic heterocycles. The lowest BCUT2D eigenvalue weighted by molar-refractivity contribution is -0.137. The summed E-state index contributed by atoms with van der Waals surface area (Å²) >= 11 is 0. The van der Waals surface area contributed by atoms with Gasteiger partial charge in [0.1, 0.15) is 6.33 Å². The number of hydrogen-bond acceptors (Lipinski definition) is 2. The molecule has 5 heteroatoms. The Morgan fingerprint density at radius 3 is 2.19 bits per heavy atom. The van der Waals surface area contributed by atoms with Gasteiger partial charge < -0.3 is 0 Å². The maximum absolute atomic E-state index is 12.7. The Bertz CT molecular complexity index is 480. The molecule has 1 aromatic carbocycles. The fourth-order valence-corrected chi connectivity index (χ4v) is 1.42. The SMILES string of the molecule is FC(F)(F)c1ccccc1-c1cncnc1. The number of benzene rings is 1. The Hall–Kier alpha value is -1.91. The van der Waals surface area contributed by atoms with Crippen LogP contribution >= 0.6 is 0 Å². The molecule has 0 bridgehead atoms. The monoisotopic (exact) mass is 224 g/mol. The molecule has 2 nitrogen and oxygen atoms in total. The smallest absolute Gasteiger partial charge is 0.244 e. The van der Waals surface area contributed by atoms with Crippen molar-refractivity contribution < 1.29 is 13.2 Å². The van der Waals surface area contributed by atoms with Gasteiger partial charge in [-0.25, -0.2) is 9.97 Å². The highest BCUT2D eigenvalue weighted by atomic mass is 19.4. The molecule has 0 fully saturated rings. The van der Waals surface area contributed by atoms with Gasteiger partial charge in [-0.05, 0) is 11.6 Å². The van der Waals surface area contributed by atoms with Crippen LogP contribution in [0, 0.1) is 0 Å². The highest BCUT2D eigenvalue weighted by Gasteiger charge is 2.33. The van der Waals surface area contributed by atoms with Gasteiger partial charge >= 0.3 is 6.18 Å². The zero-order valence-corrected chi connectivity index (χ0v) is 8.07. The van der Waals surface area contributed by atoms with Crippen LogP contribution < -0.4 is 0 Å². The molecule has 0 amide bonds. The van der Waals surface area contributed by atoms with Gasteiger partial charge in [-0.15, -0.1) is 0 Å². The molecular weight excluding hydrogens is 217 g/mol. The number of alkyl halides is 3. The summed E-state index contributed by atoms with van der Waals surface area (Å²) in [5.41, 5.74) is -0.226. The van der Waals surface area contributed by atoms with E-state index >= 15 is 0 Å². The molecule has 0 atom stereocenters. The van der Waals surface area contributed by atoms with E-state index in [1.165, 1.54) is 30.9 Å². The molecule has 82 valence electrons. The lowest BCUT2D eigenvalue weighted by Gasteiger charge is -2.11. The second-order valence-corrected chi connectivity index (χ2v) is 3.17. The van der Waals surface area contributed by atoms with Crippen LogP contribution in [-0.2, 0) is 6.18 Å². The molecule has 2 rings (SSSR count). The van der Waals surface area contributed by atoms with Crippen LogP contribution in [0.4, 0.5) is 13.2 Å². The minimum Gasteiger partial charge on any atom is -0.244 e. The summed E-state index contributed by atoms with van der Waals surface area (Å²) in [4.78, 5) is 7.41. The summed E-state index contributed by atoms with van der Waals surface area (Å²) in [5.74, 6) is 0. The normalized spacial score (nSPS) is 11.4. The van der Waals surface area contributed by atoms with Gasteiger partial charge in [0, 0.05) is 18.0 Å². The molecule has 0 aliphatic rings. The third kappa shape index (κ3) is 2.03. The van der Waals surface area contributed by atoms with Crippen LogP contribution in [0.25, 0.3) is 11.1 Å². The van der Waals surface area contributed by atoms with E-state index in [0.29, 0.717) is 5.56 Å². The minimum atomic E-state index is -4.37. The molecule has 0 saturated carbocycles. The second kappa shape index (κ2) is 3.92. The quantitative estimate of drug-likeness (QED) is 0.743. The highest BCUT2D eigenvalue weighted by Crippen LogP contribution is 2.36. The van der Waals surface area contributed by atoms with E-state index < -0.39 is 11.7 Å². The molecule has 0 spiro atoms. The van der Waals surface area contributed by atoms with Crippen LogP contribution in [0.15, 0.2) is 43.0 Å². The summed E-state index contributed by atoms with van der Waals surface area (Å²) in [6, 6.07) is 5.36. The lowest BCUT2D eigenvalue weighted by Crippen LogP contribution is -2.06. The molecule has 0 radical (unpaired) electrons. The maximum Gasteiger partial charge on any atom is 0.417 e. The Morgan fingerprint density at radius 2 is 1.56 bits per heavy atom. The van der Waals surface area contributed by atoms with Crippen LogP contribution in [0.2, 0.25) is 0 Å². The Kier molecular flexibility index (Phi) is 2.60. The zero-order valence-electron chi connectivity index (χ0n) is 8.07. The molecule has 16 heavy (non-hydrogen) atoms. The number of halogens is 3. The van der Waals surface area contributed by atoms with Crippen molar-refractivity contribution in [2.24, 2.45) is 0 Å². The molecule has 0 unspecified atom stereocenters. The van der Waals surface area contributed by atoms with Crippen LogP contribution in [0.3, 0.4) is 0 Å². The first-order valence-electron chi connectivity index (χ1n) is 4.50. The molecule has 0 saturated heterocycles. The van der Waals surface area contributed by atoms with Crippen molar-refractivity contribution in [2.45, 2.75) is 6.18 Å². The third-order valence-corrected chi connectivity index (χ3v) is 2.10. The van der Waals surface area contributed by atoms with Gasteiger partial charge in [0.2, 0.25) is 0 Å². The van der Waals surface area contributed by atoms with Crippen molar-refractivity contribution in [1.82, 2.24) is 9.97 Å². The summed E-state index contributed by atoms with van der Waals surface area (Å²) in [7, 11) is 0. The zero-order chi connectivity index (χ0) is 11.6.